The second kappa shape index (κ2) is 7.40. The molecule has 23 heavy (non-hydrogen) atoms. The van der Waals surface area contributed by atoms with Gasteiger partial charge in [-0.1, -0.05) is 18.8 Å². The fourth-order valence-electron chi connectivity index (χ4n) is 2.50. The summed E-state index contributed by atoms with van der Waals surface area (Å²) in [6, 6.07) is 4.76. The van der Waals surface area contributed by atoms with E-state index in [-0.39, 0.29) is 6.54 Å². The molecule has 1 aromatic carbocycles. The zero-order chi connectivity index (χ0) is 16.9. The highest BCUT2D eigenvalue weighted by Gasteiger charge is 2.29. The van der Waals surface area contributed by atoms with Crippen molar-refractivity contribution in [3.63, 3.8) is 0 Å². The molecule has 0 spiro atoms. The van der Waals surface area contributed by atoms with Crippen LogP contribution in [-0.2, 0) is 6.18 Å². The Morgan fingerprint density at radius 3 is 2.65 bits per heavy atom. The normalized spacial score (nSPS) is 19.2. The SMILES string of the molecule is CC1CCCN(C(N)=NCC#Cc2ccc(C(F)(F)F)cc2)C1. The summed E-state index contributed by atoms with van der Waals surface area (Å²) in [6.07, 6.45) is -2.01. The average Bonchev–Trinajstić information content (AvgIpc) is 2.51. The molecule has 2 rings (SSSR count). The first-order valence-electron chi connectivity index (χ1n) is 7.57. The van der Waals surface area contributed by atoms with Gasteiger partial charge < -0.3 is 10.6 Å². The number of halogens is 3. The molecule has 1 fully saturated rings. The summed E-state index contributed by atoms with van der Waals surface area (Å²) < 4.78 is 37.3. The fraction of sp³-hybridized carbons (Fsp3) is 0.471. The predicted octanol–water partition coefficient (Wildman–Crippen LogP) is 3.10. The highest BCUT2D eigenvalue weighted by atomic mass is 19.4. The summed E-state index contributed by atoms with van der Waals surface area (Å²) >= 11 is 0. The molecule has 0 aliphatic carbocycles. The van der Waals surface area contributed by atoms with E-state index in [2.05, 4.69) is 23.8 Å². The lowest BCUT2D eigenvalue weighted by Gasteiger charge is -2.31. The Morgan fingerprint density at radius 1 is 1.35 bits per heavy atom. The number of aliphatic imine (C=N–C) groups is 1. The van der Waals surface area contributed by atoms with Gasteiger partial charge in [0, 0.05) is 18.7 Å². The first kappa shape index (κ1) is 17.2. The molecule has 0 saturated carbocycles. The minimum Gasteiger partial charge on any atom is -0.370 e. The number of benzene rings is 1. The van der Waals surface area contributed by atoms with E-state index in [0.29, 0.717) is 17.4 Å². The van der Waals surface area contributed by atoms with E-state index in [4.69, 9.17) is 5.73 Å². The number of nitrogens with zero attached hydrogens (tertiary/aromatic N) is 2. The van der Waals surface area contributed by atoms with Crippen molar-refractivity contribution >= 4 is 5.96 Å². The Kier molecular flexibility index (Phi) is 5.54. The monoisotopic (exact) mass is 323 g/mol. The van der Waals surface area contributed by atoms with Crippen LogP contribution in [0.4, 0.5) is 13.2 Å². The molecule has 0 amide bonds. The second-order valence-corrected chi connectivity index (χ2v) is 5.74. The van der Waals surface area contributed by atoms with Crippen LogP contribution < -0.4 is 5.73 Å². The third kappa shape index (κ3) is 5.20. The topological polar surface area (TPSA) is 41.6 Å². The zero-order valence-electron chi connectivity index (χ0n) is 13.0. The Hall–Kier alpha value is -2.16. The van der Waals surface area contributed by atoms with Gasteiger partial charge in [-0.2, -0.15) is 13.2 Å². The van der Waals surface area contributed by atoms with E-state index in [1.165, 1.54) is 18.6 Å². The largest absolute Gasteiger partial charge is 0.416 e. The molecule has 0 aromatic heterocycles. The van der Waals surface area contributed by atoms with Crippen molar-refractivity contribution < 1.29 is 13.2 Å². The number of hydrogen-bond donors (Lipinski definition) is 1. The van der Waals surface area contributed by atoms with Crippen molar-refractivity contribution in [2.75, 3.05) is 19.6 Å². The van der Waals surface area contributed by atoms with Gasteiger partial charge in [0.05, 0.1) is 5.56 Å². The number of guanidine groups is 1. The molecule has 0 bridgehead atoms. The molecule has 1 aliphatic rings. The molecule has 6 heteroatoms. The minimum atomic E-state index is -4.32. The Labute approximate surface area is 134 Å². The molecular formula is C17H20F3N3. The number of alkyl halides is 3. The summed E-state index contributed by atoms with van der Waals surface area (Å²) in [5.74, 6) is 6.70. The van der Waals surface area contributed by atoms with Crippen LogP contribution in [0.5, 0.6) is 0 Å². The lowest BCUT2D eigenvalue weighted by Crippen LogP contribution is -2.43. The van der Waals surface area contributed by atoms with Gasteiger partial charge in [0.2, 0.25) is 0 Å². The maximum Gasteiger partial charge on any atom is 0.416 e. The van der Waals surface area contributed by atoms with E-state index in [1.54, 1.807) is 0 Å². The van der Waals surface area contributed by atoms with Crippen LogP contribution in [-0.4, -0.2) is 30.5 Å². The Bertz CT molecular complexity index is 609. The summed E-state index contributed by atoms with van der Waals surface area (Å²) in [5.41, 5.74) is 5.79. The summed E-state index contributed by atoms with van der Waals surface area (Å²) in [7, 11) is 0. The van der Waals surface area contributed by atoms with Gasteiger partial charge in [-0.15, -0.1) is 0 Å². The molecule has 1 atom stereocenters. The van der Waals surface area contributed by atoms with E-state index in [1.807, 2.05) is 4.90 Å². The van der Waals surface area contributed by atoms with Crippen molar-refractivity contribution in [3.05, 3.63) is 35.4 Å². The maximum absolute atomic E-state index is 12.4. The molecule has 1 unspecified atom stereocenters. The summed E-state index contributed by atoms with van der Waals surface area (Å²) in [4.78, 5) is 6.27. The number of hydrogen-bond acceptors (Lipinski definition) is 1. The van der Waals surface area contributed by atoms with Crippen LogP contribution in [0.2, 0.25) is 0 Å². The number of likely N-dealkylation sites (tertiary alicyclic amines) is 1. The Morgan fingerprint density at radius 2 is 2.04 bits per heavy atom. The minimum absolute atomic E-state index is 0.234. The van der Waals surface area contributed by atoms with E-state index < -0.39 is 11.7 Å². The second-order valence-electron chi connectivity index (χ2n) is 5.74. The molecule has 3 nitrogen and oxygen atoms in total. The van der Waals surface area contributed by atoms with Crippen molar-refractivity contribution in [1.29, 1.82) is 0 Å². The molecule has 0 radical (unpaired) electrons. The van der Waals surface area contributed by atoms with Gasteiger partial charge in [-0.05, 0) is 43.0 Å². The Balaban J connectivity index is 1.91. The maximum atomic E-state index is 12.4. The first-order chi connectivity index (χ1) is 10.9. The van der Waals surface area contributed by atoms with Crippen molar-refractivity contribution in [3.8, 4) is 11.8 Å². The fourth-order valence-corrected chi connectivity index (χ4v) is 2.50. The van der Waals surface area contributed by atoms with Crippen LogP contribution in [0.3, 0.4) is 0 Å². The van der Waals surface area contributed by atoms with E-state index in [9.17, 15) is 13.2 Å². The van der Waals surface area contributed by atoms with Gasteiger partial charge in [-0.3, -0.25) is 0 Å². The highest BCUT2D eigenvalue weighted by molar-refractivity contribution is 5.78. The lowest BCUT2D eigenvalue weighted by molar-refractivity contribution is -0.137. The smallest absolute Gasteiger partial charge is 0.370 e. The molecule has 124 valence electrons. The number of piperidine rings is 1. The van der Waals surface area contributed by atoms with Gasteiger partial charge in [0.1, 0.15) is 6.54 Å². The van der Waals surface area contributed by atoms with Gasteiger partial charge in [0.15, 0.2) is 5.96 Å². The lowest BCUT2D eigenvalue weighted by atomic mass is 10.0. The molecule has 1 aliphatic heterocycles. The third-order valence-corrected chi connectivity index (χ3v) is 3.75. The molecule has 2 N–H and O–H groups in total. The van der Waals surface area contributed by atoms with Gasteiger partial charge in [-0.25, -0.2) is 4.99 Å². The van der Waals surface area contributed by atoms with Crippen LogP contribution in [0, 0.1) is 17.8 Å². The van der Waals surface area contributed by atoms with E-state index >= 15 is 0 Å². The van der Waals surface area contributed by atoms with Crippen LogP contribution in [0.15, 0.2) is 29.3 Å². The number of nitrogens with two attached hydrogens (primary N) is 1. The molecule has 1 saturated heterocycles. The van der Waals surface area contributed by atoms with Crippen molar-refractivity contribution in [1.82, 2.24) is 4.90 Å². The average molecular weight is 323 g/mol. The summed E-state index contributed by atoms with van der Waals surface area (Å²) in [5, 5.41) is 0. The molecule has 1 aromatic rings. The quantitative estimate of drug-likeness (QED) is 0.490. The first-order valence-corrected chi connectivity index (χ1v) is 7.57. The van der Waals surface area contributed by atoms with Gasteiger partial charge >= 0.3 is 6.18 Å². The van der Waals surface area contributed by atoms with E-state index in [0.717, 1.165) is 31.6 Å². The summed E-state index contributed by atoms with van der Waals surface area (Å²) in [6.45, 7) is 4.23. The van der Waals surface area contributed by atoms with Crippen molar-refractivity contribution in [2.45, 2.75) is 25.9 Å². The molecular weight excluding hydrogens is 303 g/mol. The van der Waals surface area contributed by atoms with Crippen LogP contribution in [0.1, 0.15) is 30.9 Å². The standard InChI is InChI=1S/C17H20F3N3/c1-13-4-3-11-23(12-13)16(21)22-10-2-5-14-6-8-15(9-7-14)17(18,19)20/h6-9,13H,3-4,10-12H2,1H3,(H2,21,22). The van der Waals surface area contributed by atoms with Crippen molar-refractivity contribution in [2.24, 2.45) is 16.6 Å². The third-order valence-electron chi connectivity index (χ3n) is 3.75. The number of rotatable bonds is 1. The predicted molar refractivity (Wildman–Crippen MR) is 84.8 cm³/mol. The van der Waals surface area contributed by atoms with Gasteiger partial charge in [0.25, 0.3) is 0 Å². The molecule has 1 heterocycles. The van der Waals surface area contributed by atoms with Crippen LogP contribution >= 0.6 is 0 Å². The highest BCUT2D eigenvalue weighted by Crippen LogP contribution is 2.28. The van der Waals surface area contributed by atoms with Crippen LogP contribution in [0.25, 0.3) is 0 Å². The zero-order valence-corrected chi connectivity index (χ0v) is 13.0.